The molecule has 22 heavy (non-hydrogen) atoms. The molecular formula is C16H25N5O. The lowest BCUT2D eigenvalue weighted by molar-refractivity contribution is 0.103. The second-order valence-corrected chi connectivity index (χ2v) is 7.07. The quantitative estimate of drug-likeness (QED) is 0.888. The number of imidazole rings is 1. The third kappa shape index (κ3) is 2.84. The Morgan fingerprint density at radius 2 is 2.05 bits per heavy atom. The first kappa shape index (κ1) is 14.1. The zero-order valence-electron chi connectivity index (χ0n) is 13.2. The molecule has 4 rings (SSSR count). The third-order valence-corrected chi connectivity index (χ3v) is 5.32. The Morgan fingerprint density at radius 1 is 1.32 bits per heavy atom. The van der Waals surface area contributed by atoms with E-state index >= 15 is 0 Å². The van der Waals surface area contributed by atoms with Gasteiger partial charge in [0.25, 0.3) is 0 Å². The lowest BCUT2D eigenvalue weighted by Crippen LogP contribution is -2.54. The predicted octanol–water partition coefficient (Wildman–Crippen LogP) is 1.60. The van der Waals surface area contributed by atoms with Crippen LogP contribution >= 0.6 is 0 Å². The van der Waals surface area contributed by atoms with Gasteiger partial charge in [0.05, 0.1) is 6.04 Å². The normalized spacial score (nSPS) is 26.5. The summed E-state index contributed by atoms with van der Waals surface area (Å²) < 4.78 is 0. The molecule has 1 aromatic heterocycles. The van der Waals surface area contributed by atoms with Crippen LogP contribution in [0, 0.1) is 11.8 Å². The molecule has 1 atom stereocenters. The van der Waals surface area contributed by atoms with Gasteiger partial charge in [0, 0.05) is 38.1 Å². The Balaban J connectivity index is 1.40. The molecule has 1 saturated heterocycles. The minimum atomic E-state index is 0.119. The molecule has 0 spiro atoms. The maximum absolute atomic E-state index is 12.7. The van der Waals surface area contributed by atoms with E-state index in [-0.39, 0.29) is 12.1 Å². The number of aromatic amines is 1. The number of H-pyrrole nitrogens is 1. The number of hydrogen-bond acceptors (Lipinski definition) is 3. The highest BCUT2D eigenvalue weighted by Gasteiger charge is 2.43. The van der Waals surface area contributed by atoms with Crippen molar-refractivity contribution in [2.24, 2.45) is 11.8 Å². The highest BCUT2D eigenvalue weighted by atomic mass is 16.2. The molecule has 3 fully saturated rings. The van der Waals surface area contributed by atoms with Crippen LogP contribution in [0.15, 0.2) is 12.4 Å². The van der Waals surface area contributed by atoms with Gasteiger partial charge < -0.3 is 15.2 Å². The van der Waals surface area contributed by atoms with Crippen molar-refractivity contribution in [1.82, 2.24) is 25.1 Å². The number of nitrogens with one attached hydrogen (secondary N) is 2. The molecule has 1 aliphatic heterocycles. The molecule has 3 aliphatic rings. The minimum absolute atomic E-state index is 0.119. The molecule has 6 heteroatoms. The molecular weight excluding hydrogens is 278 g/mol. The van der Waals surface area contributed by atoms with Gasteiger partial charge in [-0.3, -0.25) is 4.90 Å². The summed E-state index contributed by atoms with van der Waals surface area (Å²) in [5.41, 5.74) is 0. The lowest BCUT2D eigenvalue weighted by Gasteiger charge is -2.39. The number of hydrogen-bond donors (Lipinski definition) is 2. The van der Waals surface area contributed by atoms with E-state index in [0.717, 1.165) is 30.7 Å². The van der Waals surface area contributed by atoms with Crippen LogP contribution in [-0.2, 0) is 0 Å². The molecule has 2 aliphatic carbocycles. The Hall–Kier alpha value is -1.56. The van der Waals surface area contributed by atoms with Gasteiger partial charge in [-0.15, -0.1) is 0 Å². The Bertz CT molecular complexity index is 511. The van der Waals surface area contributed by atoms with E-state index in [9.17, 15) is 4.79 Å². The summed E-state index contributed by atoms with van der Waals surface area (Å²) in [6.45, 7) is 2.38. The van der Waals surface area contributed by atoms with Gasteiger partial charge in [0.2, 0.25) is 0 Å². The van der Waals surface area contributed by atoms with Crippen LogP contribution in [0.25, 0.3) is 0 Å². The molecule has 1 aromatic rings. The van der Waals surface area contributed by atoms with Gasteiger partial charge in [0.15, 0.2) is 0 Å². The maximum atomic E-state index is 12.7. The largest absolute Gasteiger partial charge is 0.347 e. The van der Waals surface area contributed by atoms with Gasteiger partial charge in [-0.05, 0) is 44.6 Å². The number of aromatic nitrogens is 2. The average molecular weight is 303 g/mol. The number of rotatable bonds is 4. The molecule has 2 saturated carbocycles. The third-order valence-electron chi connectivity index (χ3n) is 5.32. The maximum Gasteiger partial charge on any atom is 0.317 e. The SMILES string of the molecule is CN1CCN(C(=O)NC(C2CC2)C2CC2)C[C@@H]1c1ncc[nH]1. The van der Waals surface area contributed by atoms with E-state index in [1.165, 1.54) is 25.7 Å². The van der Waals surface area contributed by atoms with Crippen LogP contribution in [-0.4, -0.2) is 58.5 Å². The number of carbonyl (C=O) groups is 1. The van der Waals surface area contributed by atoms with E-state index < -0.39 is 0 Å². The lowest BCUT2D eigenvalue weighted by atomic mass is 10.1. The fraction of sp³-hybridized carbons (Fsp3) is 0.750. The first-order valence-corrected chi connectivity index (χ1v) is 8.47. The van der Waals surface area contributed by atoms with Crippen molar-refractivity contribution in [2.45, 2.75) is 37.8 Å². The van der Waals surface area contributed by atoms with Gasteiger partial charge in [0.1, 0.15) is 5.82 Å². The van der Waals surface area contributed by atoms with E-state index in [1.807, 2.05) is 11.1 Å². The summed E-state index contributed by atoms with van der Waals surface area (Å²) in [5, 5.41) is 3.33. The number of likely N-dealkylation sites (N-methyl/N-ethyl adjacent to an activating group) is 1. The molecule has 6 nitrogen and oxygen atoms in total. The Labute approximate surface area is 131 Å². The summed E-state index contributed by atoms with van der Waals surface area (Å²) in [7, 11) is 2.10. The fourth-order valence-corrected chi connectivity index (χ4v) is 3.58. The molecule has 2 heterocycles. The van der Waals surface area contributed by atoms with E-state index in [1.54, 1.807) is 6.20 Å². The fourth-order valence-electron chi connectivity index (χ4n) is 3.58. The van der Waals surface area contributed by atoms with E-state index in [2.05, 4.69) is 27.2 Å². The average Bonchev–Trinajstić information content (AvgIpc) is 3.45. The smallest absolute Gasteiger partial charge is 0.317 e. The summed E-state index contributed by atoms with van der Waals surface area (Å²) in [6.07, 6.45) is 8.79. The number of amides is 2. The highest BCUT2D eigenvalue weighted by molar-refractivity contribution is 5.75. The van der Waals surface area contributed by atoms with Crippen molar-refractivity contribution >= 4 is 6.03 Å². The van der Waals surface area contributed by atoms with Crippen LogP contribution in [0.2, 0.25) is 0 Å². The standard InChI is InChI=1S/C16H25N5O/c1-20-8-9-21(10-13(20)15-17-6-7-18-15)16(22)19-14(11-2-3-11)12-4-5-12/h6-7,11-14H,2-5,8-10H2,1H3,(H,17,18)(H,19,22)/t13-/m1/s1. The van der Waals surface area contributed by atoms with Crippen molar-refractivity contribution in [3.8, 4) is 0 Å². The molecule has 2 N–H and O–H groups in total. The van der Waals surface area contributed by atoms with E-state index in [4.69, 9.17) is 0 Å². The molecule has 0 aromatic carbocycles. The monoisotopic (exact) mass is 303 g/mol. The van der Waals surface area contributed by atoms with Gasteiger partial charge in [-0.1, -0.05) is 0 Å². The first-order chi connectivity index (χ1) is 10.7. The van der Waals surface area contributed by atoms with Crippen LogP contribution in [0.5, 0.6) is 0 Å². The summed E-state index contributed by atoms with van der Waals surface area (Å²) >= 11 is 0. The van der Waals surface area contributed by atoms with Crippen LogP contribution < -0.4 is 5.32 Å². The van der Waals surface area contributed by atoms with Gasteiger partial charge >= 0.3 is 6.03 Å². The second kappa shape index (κ2) is 5.57. The van der Waals surface area contributed by atoms with Crippen molar-refractivity contribution < 1.29 is 4.79 Å². The summed E-state index contributed by atoms with van der Waals surface area (Å²) in [6, 6.07) is 0.706. The second-order valence-electron chi connectivity index (χ2n) is 7.07. The van der Waals surface area contributed by atoms with Gasteiger partial charge in [-0.2, -0.15) is 0 Å². The van der Waals surface area contributed by atoms with Crippen molar-refractivity contribution in [3.05, 3.63) is 18.2 Å². The number of carbonyl (C=O) groups excluding carboxylic acids is 1. The topological polar surface area (TPSA) is 64.3 Å². The van der Waals surface area contributed by atoms with Crippen molar-refractivity contribution in [1.29, 1.82) is 0 Å². The zero-order chi connectivity index (χ0) is 15.1. The molecule has 0 bridgehead atoms. The first-order valence-electron chi connectivity index (χ1n) is 8.47. The van der Waals surface area contributed by atoms with Crippen LogP contribution in [0.4, 0.5) is 4.79 Å². The molecule has 0 unspecified atom stereocenters. The predicted molar refractivity (Wildman–Crippen MR) is 83.3 cm³/mol. The van der Waals surface area contributed by atoms with Crippen molar-refractivity contribution in [3.63, 3.8) is 0 Å². The van der Waals surface area contributed by atoms with E-state index in [0.29, 0.717) is 12.6 Å². The Morgan fingerprint density at radius 3 is 2.64 bits per heavy atom. The summed E-state index contributed by atoms with van der Waals surface area (Å²) in [4.78, 5) is 24.4. The van der Waals surface area contributed by atoms with Crippen LogP contribution in [0.3, 0.4) is 0 Å². The zero-order valence-corrected chi connectivity index (χ0v) is 13.2. The molecule has 0 radical (unpaired) electrons. The molecule has 2 amide bonds. The van der Waals surface area contributed by atoms with Crippen LogP contribution in [0.1, 0.15) is 37.5 Å². The summed E-state index contributed by atoms with van der Waals surface area (Å²) in [5.74, 6) is 2.43. The van der Waals surface area contributed by atoms with Gasteiger partial charge in [-0.25, -0.2) is 9.78 Å². The van der Waals surface area contributed by atoms with Crippen molar-refractivity contribution in [2.75, 3.05) is 26.7 Å². The number of nitrogens with zero attached hydrogens (tertiary/aromatic N) is 3. The Kier molecular flexibility index (Phi) is 3.56. The number of piperazine rings is 1. The minimum Gasteiger partial charge on any atom is -0.347 e. The highest BCUT2D eigenvalue weighted by Crippen LogP contribution is 2.44. The number of urea groups is 1. The molecule has 120 valence electrons.